The van der Waals surface area contributed by atoms with E-state index in [9.17, 15) is 9.59 Å². The molecular weight excluding hydrogens is 370 g/mol. The molecule has 0 saturated heterocycles. The summed E-state index contributed by atoms with van der Waals surface area (Å²) in [5, 5.41) is 11.8. The van der Waals surface area contributed by atoms with Gasteiger partial charge in [-0.3, -0.25) is 9.59 Å². The molecule has 1 N–H and O–H groups in total. The number of nitrogens with one attached hydrogen (secondary N) is 1. The van der Waals surface area contributed by atoms with Crippen molar-refractivity contribution in [1.82, 2.24) is 10.2 Å². The van der Waals surface area contributed by atoms with Crippen LogP contribution in [0.1, 0.15) is 33.5 Å². The van der Waals surface area contributed by atoms with Gasteiger partial charge in [-0.2, -0.15) is 17.0 Å². The van der Waals surface area contributed by atoms with Crippen LogP contribution in [0.25, 0.3) is 0 Å². The van der Waals surface area contributed by atoms with Gasteiger partial charge in [-0.05, 0) is 55.2 Å². The fourth-order valence-electron chi connectivity index (χ4n) is 2.82. The Morgan fingerprint density at radius 3 is 2.54 bits per heavy atom. The van der Waals surface area contributed by atoms with E-state index >= 15 is 0 Å². The lowest BCUT2D eigenvalue weighted by Gasteiger charge is -2.25. The molecule has 146 valence electrons. The molecule has 6 heteroatoms. The number of benzene rings is 2. The first-order valence-electron chi connectivity index (χ1n) is 9.05. The van der Waals surface area contributed by atoms with Crippen LogP contribution in [0.2, 0.25) is 0 Å². The highest BCUT2D eigenvalue weighted by atomic mass is 32.2. The van der Waals surface area contributed by atoms with Gasteiger partial charge in [-0.1, -0.05) is 29.8 Å². The first-order valence-corrected chi connectivity index (χ1v) is 10.4. The quantitative estimate of drug-likeness (QED) is 0.744. The summed E-state index contributed by atoms with van der Waals surface area (Å²) in [7, 11) is 1.73. The summed E-state index contributed by atoms with van der Waals surface area (Å²) in [5.74, 6) is 0.407. The molecule has 0 radical (unpaired) electrons. The largest absolute Gasteiger partial charge is 0.340 e. The average Bonchev–Trinajstić information content (AvgIpc) is 2.70. The Hall–Kier alpha value is -2.78. The van der Waals surface area contributed by atoms with Crippen LogP contribution in [0.5, 0.6) is 0 Å². The Balaban J connectivity index is 2.08. The molecule has 5 nitrogen and oxygen atoms in total. The van der Waals surface area contributed by atoms with E-state index in [2.05, 4.69) is 11.4 Å². The van der Waals surface area contributed by atoms with Gasteiger partial charge in [0.25, 0.3) is 5.91 Å². The van der Waals surface area contributed by atoms with E-state index in [0.717, 1.165) is 16.9 Å². The van der Waals surface area contributed by atoms with Crippen LogP contribution >= 0.6 is 11.8 Å². The Labute approximate surface area is 170 Å². The molecule has 2 amide bonds. The normalized spacial score (nSPS) is 11.4. The molecule has 0 bridgehead atoms. The molecule has 1 atom stereocenters. The lowest BCUT2D eigenvalue weighted by atomic mass is 10.1. The van der Waals surface area contributed by atoms with Gasteiger partial charge in [0.15, 0.2) is 0 Å². The van der Waals surface area contributed by atoms with E-state index in [-0.39, 0.29) is 11.8 Å². The third kappa shape index (κ3) is 6.14. The minimum atomic E-state index is -0.580. The molecule has 2 aromatic carbocycles. The van der Waals surface area contributed by atoms with Crippen LogP contribution in [0.15, 0.2) is 48.5 Å². The average molecular weight is 396 g/mol. The summed E-state index contributed by atoms with van der Waals surface area (Å²) < 4.78 is 0. The number of likely N-dealkylation sites (N-methyl/N-ethyl adjacent to an activating group) is 1. The van der Waals surface area contributed by atoms with E-state index in [1.165, 1.54) is 0 Å². The van der Waals surface area contributed by atoms with Crippen LogP contribution in [0.4, 0.5) is 0 Å². The van der Waals surface area contributed by atoms with Crippen molar-refractivity contribution in [1.29, 1.82) is 5.26 Å². The molecule has 1 unspecified atom stereocenters. The number of carbonyl (C=O) groups excluding carboxylic acids is 2. The molecule has 0 heterocycles. The standard InChI is InChI=1S/C22H25N3O2S/c1-16-5-4-6-19(13-16)21(26)24-20(11-12-28-3)22(27)25(2)15-18-9-7-17(14-23)8-10-18/h4-10,13,20H,11-12,15H2,1-3H3,(H,24,26). The van der Waals surface area contributed by atoms with Crippen molar-refractivity contribution >= 4 is 23.6 Å². The zero-order chi connectivity index (χ0) is 20.5. The summed E-state index contributed by atoms with van der Waals surface area (Å²) in [4.78, 5) is 27.2. The highest BCUT2D eigenvalue weighted by Gasteiger charge is 2.24. The van der Waals surface area contributed by atoms with E-state index in [0.29, 0.717) is 24.1 Å². The van der Waals surface area contributed by atoms with Crippen molar-refractivity contribution in [2.75, 3.05) is 19.1 Å². The summed E-state index contributed by atoms with van der Waals surface area (Å²) in [5.41, 5.74) is 3.07. The number of hydrogen-bond acceptors (Lipinski definition) is 4. The maximum Gasteiger partial charge on any atom is 0.251 e. The molecule has 28 heavy (non-hydrogen) atoms. The van der Waals surface area contributed by atoms with Crippen LogP contribution in [-0.2, 0) is 11.3 Å². The van der Waals surface area contributed by atoms with Gasteiger partial charge in [0.05, 0.1) is 11.6 Å². The summed E-state index contributed by atoms with van der Waals surface area (Å²) >= 11 is 1.64. The van der Waals surface area contributed by atoms with Crippen molar-refractivity contribution < 1.29 is 9.59 Å². The molecule has 0 spiro atoms. The van der Waals surface area contributed by atoms with Crippen LogP contribution in [-0.4, -0.2) is 41.8 Å². The maximum atomic E-state index is 13.0. The minimum absolute atomic E-state index is 0.126. The van der Waals surface area contributed by atoms with Crippen molar-refractivity contribution in [3.8, 4) is 6.07 Å². The van der Waals surface area contributed by atoms with Crippen molar-refractivity contribution in [3.63, 3.8) is 0 Å². The maximum absolute atomic E-state index is 13.0. The van der Waals surface area contributed by atoms with E-state index in [1.807, 2.05) is 43.5 Å². The Kier molecular flexibility index (Phi) is 8.09. The van der Waals surface area contributed by atoms with E-state index in [4.69, 9.17) is 5.26 Å². The topological polar surface area (TPSA) is 73.2 Å². The Morgan fingerprint density at radius 1 is 1.21 bits per heavy atom. The zero-order valence-corrected chi connectivity index (χ0v) is 17.3. The molecule has 0 saturated carbocycles. The molecule has 2 rings (SSSR count). The molecular formula is C22H25N3O2S. The smallest absolute Gasteiger partial charge is 0.251 e. The zero-order valence-electron chi connectivity index (χ0n) is 16.4. The van der Waals surface area contributed by atoms with Gasteiger partial charge < -0.3 is 10.2 Å². The van der Waals surface area contributed by atoms with Crippen LogP contribution < -0.4 is 5.32 Å². The van der Waals surface area contributed by atoms with Gasteiger partial charge in [0.1, 0.15) is 6.04 Å². The fraction of sp³-hybridized carbons (Fsp3) is 0.318. The van der Waals surface area contributed by atoms with Crippen LogP contribution in [0, 0.1) is 18.3 Å². The number of amides is 2. The van der Waals surface area contributed by atoms with Crippen molar-refractivity contribution in [2.24, 2.45) is 0 Å². The van der Waals surface area contributed by atoms with Gasteiger partial charge in [0.2, 0.25) is 5.91 Å². The van der Waals surface area contributed by atoms with Crippen molar-refractivity contribution in [2.45, 2.75) is 25.9 Å². The number of carbonyl (C=O) groups is 2. The van der Waals surface area contributed by atoms with Gasteiger partial charge in [0, 0.05) is 19.2 Å². The number of hydrogen-bond donors (Lipinski definition) is 1. The number of thioether (sulfide) groups is 1. The summed E-state index contributed by atoms with van der Waals surface area (Å²) in [6.07, 6.45) is 2.54. The molecule has 0 aliphatic rings. The van der Waals surface area contributed by atoms with E-state index < -0.39 is 6.04 Å². The third-order valence-electron chi connectivity index (χ3n) is 4.37. The molecule has 0 aromatic heterocycles. The van der Waals surface area contributed by atoms with Gasteiger partial charge in [-0.25, -0.2) is 0 Å². The molecule has 0 fully saturated rings. The number of aryl methyl sites for hydroxylation is 1. The third-order valence-corrected chi connectivity index (χ3v) is 5.02. The minimum Gasteiger partial charge on any atom is -0.340 e. The van der Waals surface area contributed by atoms with Gasteiger partial charge >= 0.3 is 0 Å². The van der Waals surface area contributed by atoms with Crippen LogP contribution in [0.3, 0.4) is 0 Å². The molecule has 0 aliphatic carbocycles. The fourth-order valence-corrected chi connectivity index (χ4v) is 3.29. The second-order valence-electron chi connectivity index (χ2n) is 6.68. The number of nitriles is 1. The molecule has 0 aliphatic heterocycles. The Morgan fingerprint density at radius 2 is 1.93 bits per heavy atom. The Bertz CT molecular complexity index is 859. The first kappa shape index (κ1) is 21.5. The van der Waals surface area contributed by atoms with Gasteiger partial charge in [-0.15, -0.1) is 0 Å². The monoisotopic (exact) mass is 395 g/mol. The number of rotatable bonds is 8. The highest BCUT2D eigenvalue weighted by molar-refractivity contribution is 7.98. The number of nitrogens with zero attached hydrogens (tertiary/aromatic N) is 2. The van der Waals surface area contributed by atoms with Crippen molar-refractivity contribution in [3.05, 3.63) is 70.8 Å². The van der Waals surface area contributed by atoms with E-state index in [1.54, 1.807) is 41.9 Å². The lowest BCUT2D eigenvalue weighted by molar-refractivity contribution is -0.132. The molecule has 2 aromatic rings. The first-order chi connectivity index (χ1) is 13.4. The summed E-state index contributed by atoms with van der Waals surface area (Å²) in [6, 6.07) is 16.0. The predicted octanol–water partition coefficient (Wildman–Crippen LogP) is 3.38. The lowest BCUT2D eigenvalue weighted by Crippen LogP contribution is -2.47. The second kappa shape index (κ2) is 10.5. The highest BCUT2D eigenvalue weighted by Crippen LogP contribution is 2.11. The predicted molar refractivity (Wildman–Crippen MR) is 113 cm³/mol. The SMILES string of the molecule is CSCCC(NC(=O)c1cccc(C)c1)C(=O)N(C)Cc1ccc(C#N)cc1. The summed E-state index contributed by atoms with van der Waals surface area (Å²) in [6.45, 7) is 2.35. The second-order valence-corrected chi connectivity index (χ2v) is 7.67.